The molecule has 2 aromatic rings. The fourth-order valence-electron chi connectivity index (χ4n) is 1.20. The Morgan fingerprint density at radius 1 is 1.71 bits per heavy atom. The summed E-state index contributed by atoms with van der Waals surface area (Å²) in [7, 11) is 0. The molecule has 0 amide bonds. The molecule has 6 heteroatoms. The van der Waals surface area contributed by atoms with Crippen molar-refractivity contribution in [3.05, 3.63) is 29.3 Å². The summed E-state index contributed by atoms with van der Waals surface area (Å²) in [4.78, 5) is 11.7. The molecule has 1 atom stereocenters. The van der Waals surface area contributed by atoms with Gasteiger partial charge in [0.25, 0.3) is 0 Å². The monoisotopic (exact) mass is 269 g/mol. The van der Waals surface area contributed by atoms with Crippen molar-refractivity contribution in [1.29, 1.82) is 0 Å². The van der Waals surface area contributed by atoms with E-state index in [2.05, 4.69) is 5.16 Å². The molecule has 2 heterocycles. The Morgan fingerprint density at radius 2 is 2.53 bits per heavy atom. The fourth-order valence-corrected chi connectivity index (χ4v) is 2.57. The van der Waals surface area contributed by atoms with Gasteiger partial charge in [-0.1, -0.05) is 11.2 Å². The molecule has 0 aliphatic heterocycles. The van der Waals surface area contributed by atoms with Crippen LogP contribution in [0.25, 0.3) is 10.6 Å². The molecular weight excluding hydrogens is 258 g/mol. The number of carboxylic acids is 1. The van der Waals surface area contributed by atoms with Crippen molar-refractivity contribution >= 4 is 29.1 Å². The maximum atomic E-state index is 10.6. The minimum atomic E-state index is -0.808. The van der Waals surface area contributed by atoms with Crippen molar-refractivity contribution in [2.24, 2.45) is 0 Å². The Kier molecular flexibility index (Phi) is 3.86. The lowest BCUT2D eigenvalue weighted by molar-refractivity contribution is -0.136. The number of aromatic nitrogens is 1. The van der Waals surface area contributed by atoms with Gasteiger partial charge in [0.1, 0.15) is 0 Å². The van der Waals surface area contributed by atoms with Gasteiger partial charge in [-0.15, -0.1) is 23.1 Å². The Hall–Kier alpha value is -1.27. The first-order valence-electron chi connectivity index (χ1n) is 5.00. The Bertz CT molecular complexity index is 493. The van der Waals surface area contributed by atoms with Crippen LogP contribution in [0, 0.1) is 0 Å². The molecule has 0 aliphatic carbocycles. The molecule has 0 radical (unpaired) electrons. The van der Waals surface area contributed by atoms with Gasteiger partial charge < -0.3 is 9.63 Å². The summed E-state index contributed by atoms with van der Waals surface area (Å²) in [6, 6.07) is 5.76. The van der Waals surface area contributed by atoms with Gasteiger partial charge in [-0.2, -0.15) is 0 Å². The normalized spacial score (nSPS) is 12.5. The predicted molar refractivity (Wildman–Crippen MR) is 68.2 cm³/mol. The zero-order valence-corrected chi connectivity index (χ0v) is 10.8. The molecule has 17 heavy (non-hydrogen) atoms. The third-order valence-corrected chi connectivity index (χ3v) is 4.20. The highest BCUT2D eigenvalue weighted by molar-refractivity contribution is 7.99. The first kappa shape index (κ1) is 12.2. The van der Waals surface area contributed by atoms with E-state index in [0.29, 0.717) is 5.75 Å². The van der Waals surface area contributed by atoms with Crippen LogP contribution in [-0.2, 0) is 10.5 Å². The van der Waals surface area contributed by atoms with Crippen molar-refractivity contribution in [2.45, 2.75) is 17.9 Å². The average molecular weight is 269 g/mol. The molecule has 1 N–H and O–H groups in total. The average Bonchev–Trinajstić information content (AvgIpc) is 2.95. The van der Waals surface area contributed by atoms with Gasteiger partial charge in [0.15, 0.2) is 5.76 Å². The Labute approximate surface area is 107 Å². The second-order valence-corrected chi connectivity index (χ2v) is 5.73. The fraction of sp³-hybridized carbons (Fsp3) is 0.273. The summed E-state index contributed by atoms with van der Waals surface area (Å²) in [6.45, 7) is 1.66. The number of hydrogen-bond donors (Lipinski definition) is 1. The van der Waals surface area contributed by atoms with E-state index in [9.17, 15) is 4.79 Å². The number of hydrogen-bond acceptors (Lipinski definition) is 5. The zero-order chi connectivity index (χ0) is 12.3. The zero-order valence-electron chi connectivity index (χ0n) is 9.12. The van der Waals surface area contributed by atoms with Crippen LogP contribution < -0.4 is 0 Å². The smallest absolute Gasteiger partial charge is 0.316 e. The molecule has 2 aromatic heterocycles. The van der Waals surface area contributed by atoms with Crippen LogP contribution in [0.3, 0.4) is 0 Å². The van der Waals surface area contributed by atoms with Crippen molar-refractivity contribution in [1.82, 2.24) is 5.16 Å². The number of nitrogens with zero attached hydrogens (tertiary/aromatic N) is 1. The van der Waals surface area contributed by atoms with E-state index in [1.54, 1.807) is 18.3 Å². The number of carbonyl (C=O) groups is 1. The molecule has 4 nitrogen and oxygen atoms in total. The largest absolute Gasteiger partial charge is 0.480 e. The van der Waals surface area contributed by atoms with Crippen LogP contribution in [0.5, 0.6) is 0 Å². The standard InChI is InChI=1S/C11H11NO3S2/c1-7(11(13)14)17-6-8-5-9(15-12-8)10-3-2-4-16-10/h2-5,7H,6H2,1H3,(H,13,14). The summed E-state index contributed by atoms with van der Waals surface area (Å²) in [6.07, 6.45) is 0. The SMILES string of the molecule is CC(SCc1cc(-c2cccs2)on1)C(=O)O. The van der Waals surface area contributed by atoms with Crippen molar-refractivity contribution in [2.75, 3.05) is 0 Å². The first-order valence-corrected chi connectivity index (χ1v) is 6.93. The third kappa shape index (κ3) is 3.10. The van der Waals surface area contributed by atoms with Crippen molar-refractivity contribution in [3.63, 3.8) is 0 Å². The van der Waals surface area contributed by atoms with Gasteiger partial charge in [0.2, 0.25) is 0 Å². The van der Waals surface area contributed by atoms with Crippen molar-refractivity contribution < 1.29 is 14.4 Å². The van der Waals surface area contributed by atoms with E-state index < -0.39 is 11.2 Å². The second-order valence-electron chi connectivity index (χ2n) is 3.45. The molecule has 2 rings (SSSR count). The molecule has 0 saturated carbocycles. The minimum Gasteiger partial charge on any atom is -0.480 e. The summed E-state index contributed by atoms with van der Waals surface area (Å²) >= 11 is 2.91. The highest BCUT2D eigenvalue weighted by Crippen LogP contribution is 2.27. The first-order chi connectivity index (χ1) is 8.16. The lowest BCUT2D eigenvalue weighted by Crippen LogP contribution is -2.11. The Morgan fingerprint density at radius 3 is 3.18 bits per heavy atom. The second kappa shape index (κ2) is 5.37. The highest BCUT2D eigenvalue weighted by Gasteiger charge is 2.13. The lowest BCUT2D eigenvalue weighted by Gasteiger charge is -2.02. The summed E-state index contributed by atoms with van der Waals surface area (Å²) in [5.41, 5.74) is 0.770. The number of rotatable bonds is 5. The van der Waals surface area contributed by atoms with E-state index >= 15 is 0 Å². The van der Waals surface area contributed by atoms with Crippen LogP contribution >= 0.6 is 23.1 Å². The molecule has 0 spiro atoms. The third-order valence-electron chi connectivity index (χ3n) is 2.15. The molecule has 1 unspecified atom stereocenters. The van der Waals surface area contributed by atoms with E-state index in [1.807, 2.05) is 23.6 Å². The molecule has 0 aliphatic rings. The predicted octanol–water partition coefficient (Wildman–Crippen LogP) is 3.11. The summed E-state index contributed by atoms with van der Waals surface area (Å²) in [5, 5.41) is 14.2. The number of thioether (sulfide) groups is 1. The van der Waals surface area contributed by atoms with E-state index in [1.165, 1.54) is 11.8 Å². The van der Waals surface area contributed by atoms with E-state index in [4.69, 9.17) is 9.63 Å². The lowest BCUT2D eigenvalue weighted by atomic mass is 10.3. The topological polar surface area (TPSA) is 63.3 Å². The molecule has 0 bridgehead atoms. The number of aliphatic carboxylic acids is 1. The molecule has 0 saturated heterocycles. The molecule has 0 fully saturated rings. The highest BCUT2D eigenvalue weighted by atomic mass is 32.2. The van der Waals surface area contributed by atoms with Crippen LogP contribution in [0.15, 0.2) is 28.1 Å². The number of carboxylic acid groups (broad SMARTS) is 1. The Balaban J connectivity index is 1.97. The van der Waals surface area contributed by atoms with Crippen LogP contribution in [-0.4, -0.2) is 21.5 Å². The summed E-state index contributed by atoms with van der Waals surface area (Å²) in [5.74, 6) is 0.470. The van der Waals surface area contributed by atoms with Gasteiger partial charge in [-0.05, 0) is 18.4 Å². The van der Waals surface area contributed by atoms with E-state index in [-0.39, 0.29) is 0 Å². The maximum Gasteiger partial charge on any atom is 0.316 e. The van der Waals surface area contributed by atoms with Gasteiger partial charge in [-0.25, -0.2) is 0 Å². The van der Waals surface area contributed by atoms with Crippen molar-refractivity contribution in [3.8, 4) is 10.6 Å². The maximum absolute atomic E-state index is 10.6. The minimum absolute atomic E-state index is 0.433. The number of thiophene rings is 1. The molecule has 0 aromatic carbocycles. The van der Waals surface area contributed by atoms with Gasteiger partial charge in [0, 0.05) is 11.8 Å². The van der Waals surface area contributed by atoms with Gasteiger partial charge >= 0.3 is 5.97 Å². The molecular formula is C11H11NO3S2. The molecule has 90 valence electrons. The van der Waals surface area contributed by atoms with Gasteiger partial charge in [0.05, 0.1) is 15.8 Å². The summed E-state index contributed by atoms with van der Waals surface area (Å²) < 4.78 is 5.20. The van der Waals surface area contributed by atoms with Crippen LogP contribution in [0.4, 0.5) is 0 Å². The van der Waals surface area contributed by atoms with Crippen LogP contribution in [0.2, 0.25) is 0 Å². The van der Waals surface area contributed by atoms with Gasteiger partial charge in [-0.3, -0.25) is 4.79 Å². The van der Waals surface area contributed by atoms with E-state index in [0.717, 1.165) is 16.3 Å². The van der Waals surface area contributed by atoms with Crippen LogP contribution in [0.1, 0.15) is 12.6 Å². The quantitative estimate of drug-likeness (QED) is 0.903.